The van der Waals surface area contributed by atoms with E-state index < -0.39 is 14.9 Å². The van der Waals surface area contributed by atoms with Crippen LogP contribution in [0.5, 0.6) is 0 Å². The second-order valence-electron chi connectivity index (χ2n) is 2.89. The van der Waals surface area contributed by atoms with Crippen LogP contribution in [0.1, 0.15) is 6.92 Å². The molecule has 8 heteroatoms. The summed E-state index contributed by atoms with van der Waals surface area (Å²) in [6, 6.07) is 4.44. The molecule has 0 aliphatic carbocycles. The third kappa shape index (κ3) is 3.52. The molecule has 7 nitrogen and oxygen atoms in total. The van der Waals surface area contributed by atoms with E-state index in [9.17, 15) is 18.5 Å². The molecule has 0 radical (unpaired) electrons. The summed E-state index contributed by atoms with van der Waals surface area (Å²) >= 11 is 0. The third-order valence-corrected chi connectivity index (χ3v) is 3.00. The zero-order valence-corrected chi connectivity index (χ0v) is 9.75. The molecule has 0 spiro atoms. The Kier molecular flexibility index (Phi) is 4.16. The molecule has 0 aromatic heterocycles. The topological polar surface area (TPSA) is 98.9 Å². The van der Waals surface area contributed by atoms with Crippen LogP contribution in [0.4, 0.5) is 5.69 Å². The van der Waals surface area contributed by atoms with Gasteiger partial charge in [-0.2, -0.15) is 8.42 Å². The van der Waals surface area contributed by atoms with Crippen LogP contribution in [0.3, 0.4) is 0 Å². The van der Waals surface area contributed by atoms with Crippen LogP contribution >= 0.6 is 0 Å². The van der Waals surface area contributed by atoms with Crippen molar-refractivity contribution in [1.29, 1.82) is 0 Å². The number of ether oxygens (including phenoxy) is 1. The Morgan fingerprint density at radius 3 is 2.47 bits per heavy atom. The number of benzene rings is 1. The van der Waals surface area contributed by atoms with Gasteiger partial charge in [-0.05, 0) is 19.1 Å². The van der Waals surface area contributed by atoms with E-state index in [4.69, 9.17) is 0 Å². The summed E-state index contributed by atoms with van der Waals surface area (Å²) in [5.41, 5.74) is -0.183. The first kappa shape index (κ1) is 13.1. The van der Waals surface area contributed by atoms with Gasteiger partial charge in [-0.25, -0.2) is 0 Å². The molecule has 0 atom stereocenters. The molecule has 1 aromatic carbocycles. The van der Waals surface area contributed by atoms with Crippen molar-refractivity contribution in [1.82, 2.24) is 0 Å². The summed E-state index contributed by atoms with van der Waals surface area (Å²) in [4.78, 5) is 9.64. The Labute approximate surface area is 97.9 Å². The number of non-ortho nitro benzene ring substituents is 1. The van der Waals surface area contributed by atoms with Gasteiger partial charge in [0.15, 0.2) is 6.40 Å². The maximum Gasteiger partial charge on any atom is 0.285 e. The van der Waals surface area contributed by atoms with E-state index in [1.54, 1.807) is 6.92 Å². The minimum absolute atomic E-state index is 0.126. The molecule has 0 heterocycles. The lowest BCUT2D eigenvalue weighted by atomic mass is 10.3. The first-order valence-corrected chi connectivity index (χ1v) is 6.06. The molecule has 0 fully saturated rings. The minimum Gasteiger partial charge on any atom is -0.483 e. The van der Waals surface area contributed by atoms with Gasteiger partial charge in [-0.1, -0.05) is 0 Å². The number of hydrogen-bond donors (Lipinski definition) is 0. The van der Waals surface area contributed by atoms with Gasteiger partial charge in [0.25, 0.3) is 15.7 Å². The molecule has 0 saturated heterocycles. The average molecular weight is 258 g/mol. The van der Waals surface area contributed by atoms with Crippen LogP contribution in [-0.4, -0.2) is 26.3 Å². The Balaban J connectivity index is 2.96. The van der Waals surface area contributed by atoms with Gasteiger partial charge in [0.2, 0.25) is 0 Å². The largest absolute Gasteiger partial charge is 0.483 e. The summed E-state index contributed by atoms with van der Waals surface area (Å²) in [5.74, 6) is 0. The summed E-state index contributed by atoms with van der Waals surface area (Å²) in [6.07, 6.45) is 0.830. The van der Waals surface area contributed by atoms with Crippen molar-refractivity contribution in [2.24, 2.45) is 4.40 Å². The molecule has 0 bridgehead atoms. The number of rotatable bonds is 5. The number of nitro benzene ring substituents is 1. The maximum absolute atomic E-state index is 11.5. The van der Waals surface area contributed by atoms with E-state index in [1.807, 2.05) is 0 Å². The average Bonchev–Trinajstić information content (AvgIpc) is 2.29. The van der Waals surface area contributed by atoms with Crippen LogP contribution < -0.4 is 0 Å². The lowest BCUT2D eigenvalue weighted by molar-refractivity contribution is -0.384. The second-order valence-corrected chi connectivity index (χ2v) is 4.52. The van der Waals surface area contributed by atoms with Crippen molar-refractivity contribution in [2.75, 3.05) is 6.61 Å². The predicted molar refractivity (Wildman–Crippen MR) is 60.4 cm³/mol. The Morgan fingerprint density at radius 1 is 1.41 bits per heavy atom. The SMILES string of the molecule is CCOC=NS(=O)(=O)c1ccc([N+](=O)[O-])cc1. The van der Waals surface area contributed by atoms with Crippen LogP contribution in [0, 0.1) is 10.1 Å². The molecule has 0 saturated carbocycles. The first-order chi connectivity index (χ1) is 7.97. The molecule has 0 amide bonds. The van der Waals surface area contributed by atoms with Crippen molar-refractivity contribution >= 4 is 22.1 Å². The van der Waals surface area contributed by atoms with Crippen molar-refractivity contribution < 1.29 is 18.1 Å². The minimum atomic E-state index is -3.85. The first-order valence-electron chi connectivity index (χ1n) is 4.62. The smallest absolute Gasteiger partial charge is 0.285 e. The van der Waals surface area contributed by atoms with E-state index >= 15 is 0 Å². The highest BCUT2D eigenvalue weighted by Gasteiger charge is 2.13. The molecule has 1 rings (SSSR count). The predicted octanol–water partition coefficient (Wildman–Crippen LogP) is 1.35. The van der Waals surface area contributed by atoms with Gasteiger partial charge < -0.3 is 4.74 Å². The lowest BCUT2D eigenvalue weighted by Crippen LogP contribution is -1.99. The number of hydrogen-bond acceptors (Lipinski definition) is 5. The summed E-state index contributed by atoms with van der Waals surface area (Å²) in [5, 5.41) is 10.4. The summed E-state index contributed by atoms with van der Waals surface area (Å²) < 4.78 is 31.0. The summed E-state index contributed by atoms with van der Waals surface area (Å²) in [6.45, 7) is 1.99. The highest BCUT2D eigenvalue weighted by molar-refractivity contribution is 7.90. The van der Waals surface area contributed by atoms with E-state index in [2.05, 4.69) is 9.13 Å². The molecule has 0 unspecified atom stereocenters. The molecule has 0 aliphatic heterocycles. The van der Waals surface area contributed by atoms with Gasteiger partial charge in [-0.15, -0.1) is 4.40 Å². The molecule has 1 aromatic rings. The van der Waals surface area contributed by atoms with Crippen molar-refractivity contribution in [3.63, 3.8) is 0 Å². The van der Waals surface area contributed by atoms with E-state index in [0.717, 1.165) is 30.7 Å². The zero-order valence-electron chi connectivity index (χ0n) is 8.94. The third-order valence-electron chi connectivity index (χ3n) is 1.77. The van der Waals surface area contributed by atoms with E-state index in [1.165, 1.54) is 0 Å². The second kappa shape index (κ2) is 5.39. The molecule has 0 N–H and O–H groups in total. The standard InChI is InChI=1S/C9H10N2O5S/c1-2-16-7-10-17(14,15)9-5-3-8(4-6-9)11(12)13/h3-7H,2H2,1H3. The zero-order chi connectivity index (χ0) is 12.9. The lowest BCUT2D eigenvalue weighted by Gasteiger charge is -1.98. The maximum atomic E-state index is 11.5. The highest BCUT2D eigenvalue weighted by Crippen LogP contribution is 2.17. The fraction of sp³-hybridized carbons (Fsp3) is 0.222. The number of nitro groups is 1. The van der Waals surface area contributed by atoms with Gasteiger partial charge >= 0.3 is 0 Å². The van der Waals surface area contributed by atoms with Crippen LogP contribution in [-0.2, 0) is 14.8 Å². The fourth-order valence-electron chi connectivity index (χ4n) is 0.962. The fourth-order valence-corrected chi connectivity index (χ4v) is 1.74. The monoisotopic (exact) mass is 258 g/mol. The Morgan fingerprint density at radius 2 is 2.00 bits per heavy atom. The van der Waals surface area contributed by atoms with Crippen molar-refractivity contribution in [3.05, 3.63) is 34.4 Å². The Hall–Kier alpha value is -1.96. The quantitative estimate of drug-likeness (QED) is 0.343. The van der Waals surface area contributed by atoms with Gasteiger partial charge in [0.1, 0.15) is 0 Å². The normalized spacial score (nSPS) is 11.6. The molecule has 92 valence electrons. The highest BCUT2D eigenvalue weighted by atomic mass is 32.2. The van der Waals surface area contributed by atoms with Crippen LogP contribution in [0.15, 0.2) is 33.6 Å². The number of nitrogens with zero attached hydrogens (tertiary/aromatic N) is 2. The molecular weight excluding hydrogens is 248 g/mol. The molecule has 0 aliphatic rings. The summed E-state index contributed by atoms with van der Waals surface area (Å²) in [7, 11) is -3.85. The Bertz CT molecular complexity index is 521. The van der Waals surface area contributed by atoms with Gasteiger partial charge in [0.05, 0.1) is 16.4 Å². The van der Waals surface area contributed by atoms with Crippen LogP contribution in [0.25, 0.3) is 0 Å². The molecule has 17 heavy (non-hydrogen) atoms. The van der Waals surface area contributed by atoms with Gasteiger partial charge in [-0.3, -0.25) is 10.1 Å². The van der Waals surface area contributed by atoms with E-state index in [0.29, 0.717) is 6.61 Å². The van der Waals surface area contributed by atoms with E-state index in [-0.39, 0.29) is 10.6 Å². The molecular formula is C9H10N2O5S. The number of sulfonamides is 1. The van der Waals surface area contributed by atoms with Gasteiger partial charge in [0, 0.05) is 12.1 Å². The van der Waals surface area contributed by atoms with Crippen LogP contribution in [0.2, 0.25) is 0 Å². The van der Waals surface area contributed by atoms with Crippen molar-refractivity contribution in [2.45, 2.75) is 11.8 Å². The van der Waals surface area contributed by atoms with Crippen molar-refractivity contribution in [3.8, 4) is 0 Å².